The van der Waals surface area contributed by atoms with Gasteiger partial charge in [0.05, 0.1) is 11.1 Å². The summed E-state index contributed by atoms with van der Waals surface area (Å²) in [7, 11) is 1.99. The Hall–Kier alpha value is -1.07. The number of imidazole rings is 1. The summed E-state index contributed by atoms with van der Waals surface area (Å²) in [5.41, 5.74) is 3.14. The minimum atomic E-state index is -0.0983. The van der Waals surface area contributed by atoms with Gasteiger partial charge in [-0.1, -0.05) is 20.8 Å². The summed E-state index contributed by atoms with van der Waals surface area (Å²) >= 11 is 6.34. The maximum absolute atomic E-state index is 6.34. The van der Waals surface area contributed by atoms with E-state index < -0.39 is 0 Å². The zero-order valence-corrected chi connectivity index (χ0v) is 14.5. The number of aryl methyl sites for hydroxylation is 2. The summed E-state index contributed by atoms with van der Waals surface area (Å²) in [6.07, 6.45) is 0.889. The van der Waals surface area contributed by atoms with Crippen molar-refractivity contribution in [2.24, 2.45) is 7.05 Å². The molecule has 0 aliphatic carbocycles. The van der Waals surface area contributed by atoms with Gasteiger partial charge >= 0.3 is 0 Å². The first-order valence-corrected chi connectivity index (χ1v) is 8.25. The number of hydrogen-bond donors (Lipinski definition) is 0. The molecule has 0 radical (unpaired) electrons. The third kappa shape index (κ3) is 3.09. The number of likely N-dealkylation sites (N-methyl/N-ethyl adjacent to an activating group) is 1. The maximum Gasteiger partial charge on any atom is 0.158 e. The molecule has 0 spiro atoms. The fourth-order valence-corrected chi connectivity index (χ4v) is 2.97. The highest BCUT2D eigenvalue weighted by Crippen LogP contribution is 2.26. The van der Waals surface area contributed by atoms with Crippen molar-refractivity contribution in [3.63, 3.8) is 0 Å². The second kappa shape index (κ2) is 6.79. The largest absolute Gasteiger partial charge is 0.310 e. The summed E-state index contributed by atoms with van der Waals surface area (Å²) in [6.45, 7) is 12.5. The van der Waals surface area contributed by atoms with Crippen LogP contribution in [0.4, 0.5) is 0 Å². The second-order valence-corrected chi connectivity index (χ2v) is 6.02. The average Bonchev–Trinajstić information content (AvgIpc) is 2.98. The molecule has 2 heterocycles. The van der Waals surface area contributed by atoms with E-state index in [0.717, 1.165) is 55.3 Å². The average molecular weight is 312 g/mol. The van der Waals surface area contributed by atoms with Gasteiger partial charge in [-0.2, -0.15) is 5.10 Å². The van der Waals surface area contributed by atoms with Crippen LogP contribution in [-0.4, -0.2) is 43.9 Å². The Balaban J connectivity index is 2.43. The first-order chi connectivity index (χ1) is 10.0. The van der Waals surface area contributed by atoms with E-state index in [1.165, 1.54) is 0 Å². The zero-order valence-electron chi connectivity index (χ0n) is 13.7. The second-order valence-electron chi connectivity index (χ2n) is 5.36. The molecule has 1 atom stereocenters. The lowest BCUT2D eigenvalue weighted by atomic mass is 10.3. The van der Waals surface area contributed by atoms with Crippen molar-refractivity contribution in [3.8, 4) is 0 Å². The van der Waals surface area contributed by atoms with Crippen LogP contribution >= 0.6 is 11.6 Å². The van der Waals surface area contributed by atoms with E-state index in [4.69, 9.17) is 16.6 Å². The summed E-state index contributed by atoms with van der Waals surface area (Å²) < 4.78 is 4.17. The number of halogens is 1. The molecule has 0 aromatic carbocycles. The van der Waals surface area contributed by atoms with E-state index in [1.807, 2.05) is 18.7 Å². The fourth-order valence-electron chi connectivity index (χ4n) is 2.80. The molecular weight excluding hydrogens is 286 g/mol. The van der Waals surface area contributed by atoms with Crippen molar-refractivity contribution in [1.29, 1.82) is 0 Å². The van der Waals surface area contributed by atoms with E-state index in [-0.39, 0.29) is 5.38 Å². The first kappa shape index (κ1) is 16.3. The van der Waals surface area contributed by atoms with Gasteiger partial charge in [0.2, 0.25) is 0 Å². The van der Waals surface area contributed by atoms with Crippen LogP contribution in [0.5, 0.6) is 0 Å². The van der Waals surface area contributed by atoms with Crippen molar-refractivity contribution in [1.82, 2.24) is 24.2 Å². The summed E-state index contributed by atoms with van der Waals surface area (Å²) in [6, 6.07) is 0. The van der Waals surface area contributed by atoms with Crippen LogP contribution in [0, 0.1) is 0 Å². The van der Waals surface area contributed by atoms with Crippen molar-refractivity contribution < 1.29 is 0 Å². The quantitative estimate of drug-likeness (QED) is 0.738. The Labute approximate surface area is 131 Å². The summed E-state index contributed by atoms with van der Waals surface area (Å²) in [5.74, 6) is 0.946. The van der Waals surface area contributed by atoms with Gasteiger partial charge in [-0.25, -0.2) is 4.98 Å². The van der Waals surface area contributed by atoms with E-state index >= 15 is 0 Å². The van der Waals surface area contributed by atoms with Gasteiger partial charge in [0.25, 0.3) is 0 Å². The molecule has 21 heavy (non-hydrogen) atoms. The fraction of sp³-hybridized carbons (Fsp3) is 0.733. The van der Waals surface area contributed by atoms with Crippen LogP contribution in [0.15, 0.2) is 0 Å². The first-order valence-electron chi connectivity index (χ1n) is 7.81. The molecule has 118 valence electrons. The van der Waals surface area contributed by atoms with Gasteiger partial charge < -0.3 is 9.47 Å². The van der Waals surface area contributed by atoms with Gasteiger partial charge in [0, 0.05) is 20.1 Å². The van der Waals surface area contributed by atoms with Gasteiger partial charge in [-0.15, -0.1) is 11.6 Å². The lowest BCUT2D eigenvalue weighted by molar-refractivity contribution is 0.290. The number of aromatic nitrogens is 4. The molecule has 2 aromatic rings. The van der Waals surface area contributed by atoms with E-state index in [0.29, 0.717) is 0 Å². The monoisotopic (exact) mass is 311 g/mol. The summed E-state index contributed by atoms with van der Waals surface area (Å²) in [4.78, 5) is 7.17. The lowest BCUT2D eigenvalue weighted by Crippen LogP contribution is -2.27. The Morgan fingerprint density at radius 3 is 2.43 bits per heavy atom. The Morgan fingerprint density at radius 1 is 1.24 bits per heavy atom. The molecule has 5 nitrogen and oxygen atoms in total. The Morgan fingerprint density at radius 2 is 1.90 bits per heavy atom. The summed E-state index contributed by atoms with van der Waals surface area (Å²) in [5, 5.41) is 4.48. The Kier molecular flexibility index (Phi) is 5.27. The minimum absolute atomic E-state index is 0.0983. The number of hydrogen-bond acceptors (Lipinski definition) is 3. The van der Waals surface area contributed by atoms with Crippen LogP contribution in [0.1, 0.15) is 44.6 Å². The number of alkyl halides is 1. The predicted molar refractivity (Wildman–Crippen MR) is 87.9 cm³/mol. The molecule has 0 aliphatic heterocycles. The Bertz CT molecular complexity index is 595. The normalized spacial score (nSPS) is 13.5. The molecule has 0 amide bonds. The molecule has 0 fully saturated rings. The van der Waals surface area contributed by atoms with Crippen molar-refractivity contribution in [2.75, 3.05) is 19.6 Å². The number of nitrogens with zero attached hydrogens (tertiary/aromatic N) is 5. The van der Waals surface area contributed by atoms with Crippen LogP contribution in [-0.2, 0) is 20.0 Å². The van der Waals surface area contributed by atoms with E-state index in [9.17, 15) is 0 Å². The van der Waals surface area contributed by atoms with Gasteiger partial charge in [0.15, 0.2) is 5.65 Å². The molecule has 0 bridgehead atoms. The van der Waals surface area contributed by atoms with Crippen molar-refractivity contribution in [3.05, 3.63) is 11.5 Å². The van der Waals surface area contributed by atoms with Gasteiger partial charge in [-0.3, -0.25) is 4.68 Å². The maximum atomic E-state index is 6.34. The highest BCUT2D eigenvalue weighted by molar-refractivity contribution is 6.20. The van der Waals surface area contributed by atoms with Crippen molar-refractivity contribution in [2.45, 2.75) is 46.0 Å². The molecule has 1 unspecified atom stereocenters. The highest BCUT2D eigenvalue weighted by Gasteiger charge is 2.21. The third-order valence-electron chi connectivity index (χ3n) is 4.05. The SMILES string of the molecule is CCc1nn(C)c2c1nc(C(C)Cl)n2CCN(CC)CC. The van der Waals surface area contributed by atoms with E-state index in [2.05, 4.69) is 35.3 Å². The van der Waals surface area contributed by atoms with E-state index in [1.54, 1.807) is 0 Å². The smallest absolute Gasteiger partial charge is 0.158 e. The van der Waals surface area contributed by atoms with Gasteiger partial charge in [0.1, 0.15) is 11.3 Å². The molecule has 6 heteroatoms. The van der Waals surface area contributed by atoms with Crippen LogP contribution in [0.25, 0.3) is 11.2 Å². The standard InChI is InChI=1S/C15H26ClN5/c1-6-12-13-15(19(5)18-12)21(14(17-13)11(4)16)10-9-20(7-2)8-3/h11H,6-10H2,1-5H3. The van der Waals surface area contributed by atoms with Crippen molar-refractivity contribution >= 4 is 22.8 Å². The highest BCUT2D eigenvalue weighted by atomic mass is 35.5. The molecular formula is C15H26ClN5. The molecule has 0 saturated heterocycles. The lowest BCUT2D eigenvalue weighted by Gasteiger charge is -2.19. The van der Waals surface area contributed by atoms with Crippen LogP contribution in [0.2, 0.25) is 0 Å². The van der Waals surface area contributed by atoms with Crippen LogP contribution < -0.4 is 0 Å². The molecule has 2 rings (SSSR count). The minimum Gasteiger partial charge on any atom is -0.310 e. The molecule has 0 N–H and O–H groups in total. The molecule has 0 saturated carbocycles. The number of rotatable bonds is 7. The number of fused-ring (bicyclic) bond motifs is 1. The third-order valence-corrected chi connectivity index (χ3v) is 4.24. The predicted octanol–water partition coefficient (Wildman–Crippen LogP) is 2.97. The molecule has 2 aromatic heterocycles. The molecule has 0 aliphatic rings. The topological polar surface area (TPSA) is 38.9 Å². The zero-order chi connectivity index (χ0) is 15.6. The van der Waals surface area contributed by atoms with Crippen LogP contribution in [0.3, 0.4) is 0 Å². The van der Waals surface area contributed by atoms with Gasteiger partial charge in [-0.05, 0) is 26.4 Å².